The minimum absolute atomic E-state index is 0.239. The molecular formula is C17H24BrNO. The number of rotatable bonds is 5. The molecule has 1 aromatic carbocycles. The SMILES string of the molecule is CC(C)C1CCN(CCC(=O)c2ccccc2Br)CC1. The average Bonchev–Trinajstić information content (AvgIpc) is 2.45. The first-order valence-electron chi connectivity index (χ1n) is 7.58. The van der Waals surface area contributed by atoms with Crippen LogP contribution in [0.1, 0.15) is 43.5 Å². The molecule has 0 aromatic heterocycles. The lowest BCUT2D eigenvalue weighted by molar-refractivity contribution is 0.0942. The minimum Gasteiger partial charge on any atom is -0.303 e. The number of carbonyl (C=O) groups excluding carboxylic acids is 1. The van der Waals surface area contributed by atoms with Crippen LogP contribution < -0.4 is 0 Å². The Morgan fingerprint density at radius 3 is 2.55 bits per heavy atom. The molecule has 1 saturated heterocycles. The number of hydrogen-bond acceptors (Lipinski definition) is 2. The summed E-state index contributed by atoms with van der Waals surface area (Å²) >= 11 is 3.45. The smallest absolute Gasteiger partial charge is 0.165 e. The fourth-order valence-electron chi connectivity index (χ4n) is 2.92. The lowest BCUT2D eigenvalue weighted by atomic mass is 9.86. The van der Waals surface area contributed by atoms with Gasteiger partial charge in [0.15, 0.2) is 5.78 Å². The summed E-state index contributed by atoms with van der Waals surface area (Å²) in [7, 11) is 0. The highest BCUT2D eigenvalue weighted by Gasteiger charge is 2.22. The monoisotopic (exact) mass is 337 g/mol. The number of nitrogens with zero attached hydrogens (tertiary/aromatic N) is 1. The van der Waals surface area contributed by atoms with Gasteiger partial charge in [0, 0.05) is 23.0 Å². The van der Waals surface area contributed by atoms with Crippen molar-refractivity contribution >= 4 is 21.7 Å². The van der Waals surface area contributed by atoms with Crippen LogP contribution in [0.2, 0.25) is 0 Å². The van der Waals surface area contributed by atoms with Crippen LogP contribution in [0.5, 0.6) is 0 Å². The molecule has 20 heavy (non-hydrogen) atoms. The second-order valence-corrected chi connectivity index (χ2v) is 6.93. The van der Waals surface area contributed by atoms with Gasteiger partial charge in [0.05, 0.1) is 0 Å². The van der Waals surface area contributed by atoms with Crippen molar-refractivity contribution in [3.05, 3.63) is 34.3 Å². The number of benzene rings is 1. The molecule has 0 atom stereocenters. The van der Waals surface area contributed by atoms with E-state index in [9.17, 15) is 4.79 Å². The summed E-state index contributed by atoms with van der Waals surface area (Å²) in [5.41, 5.74) is 0.810. The van der Waals surface area contributed by atoms with Gasteiger partial charge in [-0.05, 0) is 43.8 Å². The van der Waals surface area contributed by atoms with Crippen LogP contribution in [0.15, 0.2) is 28.7 Å². The van der Waals surface area contributed by atoms with Crippen molar-refractivity contribution in [1.82, 2.24) is 4.90 Å². The number of halogens is 1. The molecule has 0 aliphatic carbocycles. The van der Waals surface area contributed by atoms with E-state index in [2.05, 4.69) is 34.7 Å². The van der Waals surface area contributed by atoms with Gasteiger partial charge in [-0.2, -0.15) is 0 Å². The molecular weight excluding hydrogens is 314 g/mol. The molecule has 0 saturated carbocycles. The third kappa shape index (κ3) is 4.16. The lowest BCUT2D eigenvalue weighted by Crippen LogP contribution is -2.36. The first-order chi connectivity index (χ1) is 9.58. The Bertz CT molecular complexity index is 450. The van der Waals surface area contributed by atoms with Crippen molar-refractivity contribution < 1.29 is 4.79 Å². The molecule has 0 amide bonds. The van der Waals surface area contributed by atoms with Crippen molar-refractivity contribution in [3.8, 4) is 0 Å². The fraction of sp³-hybridized carbons (Fsp3) is 0.588. The van der Waals surface area contributed by atoms with Crippen LogP contribution in [0.4, 0.5) is 0 Å². The number of hydrogen-bond donors (Lipinski definition) is 0. The predicted molar refractivity (Wildman–Crippen MR) is 87.1 cm³/mol. The first-order valence-corrected chi connectivity index (χ1v) is 8.37. The van der Waals surface area contributed by atoms with Crippen LogP contribution in [0.25, 0.3) is 0 Å². The zero-order chi connectivity index (χ0) is 14.5. The molecule has 2 rings (SSSR count). The van der Waals surface area contributed by atoms with Crippen molar-refractivity contribution in [3.63, 3.8) is 0 Å². The van der Waals surface area contributed by atoms with Crippen LogP contribution in [-0.2, 0) is 0 Å². The molecule has 0 radical (unpaired) electrons. The summed E-state index contributed by atoms with van der Waals surface area (Å²) in [5, 5.41) is 0. The lowest BCUT2D eigenvalue weighted by Gasteiger charge is -2.33. The molecule has 1 aromatic rings. The van der Waals surface area contributed by atoms with E-state index in [1.165, 1.54) is 12.8 Å². The zero-order valence-corrected chi connectivity index (χ0v) is 14.0. The standard InChI is InChI=1S/C17H24BrNO/c1-13(2)14-7-10-19(11-8-14)12-9-17(20)15-5-3-4-6-16(15)18/h3-6,13-14H,7-12H2,1-2H3. The maximum atomic E-state index is 12.2. The number of piperidine rings is 1. The van der Waals surface area contributed by atoms with E-state index < -0.39 is 0 Å². The largest absolute Gasteiger partial charge is 0.303 e. The zero-order valence-electron chi connectivity index (χ0n) is 12.4. The van der Waals surface area contributed by atoms with Gasteiger partial charge in [-0.1, -0.05) is 48.0 Å². The van der Waals surface area contributed by atoms with Gasteiger partial charge in [-0.3, -0.25) is 4.79 Å². The van der Waals surface area contributed by atoms with Crippen LogP contribution >= 0.6 is 15.9 Å². The van der Waals surface area contributed by atoms with Gasteiger partial charge >= 0.3 is 0 Å². The van der Waals surface area contributed by atoms with E-state index >= 15 is 0 Å². The number of Topliss-reactive ketones (excluding diaryl/α,β-unsaturated/α-hetero) is 1. The molecule has 1 heterocycles. The number of ketones is 1. The molecule has 0 spiro atoms. The van der Waals surface area contributed by atoms with Crippen LogP contribution in [0.3, 0.4) is 0 Å². The molecule has 3 heteroatoms. The third-order valence-corrected chi connectivity index (χ3v) is 5.10. The quantitative estimate of drug-likeness (QED) is 0.742. The molecule has 1 aliphatic rings. The van der Waals surface area contributed by atoms with Gasteiger partial charge in [-0.25, -0.2) is 0 Å². The van der Waals surface area contributed by atoms with Crippen molar-refractivity contribution in [2.45, 2.75) is 33.1 Å². The maximum Gasteiger partial charge on any atom is 0.165 e. The molecule has 2 nitrogen and oxygen atoms in total. The maximum absolute atomic E-state index is 12.2. The fourth-order valence-corrected chi connectivity index (χ4v) is 3.43. The number of likely N-dealkylation sites (tertiary alicyclic amines) is 1. The van der Waals surface area contributed by atoms with E-state index in [1.54, 1.807) is 0 Å². The molecule has 0 N–H and O–H groups in total. The van der Waals surface area contributed by atoms with Crippen molar-refractivity contribution in [2.75, 3.05) is 19.6 Å². The summed E-state index contributed by atoms with van der Waals surface area (Å²) in [6.07, 6.45) is 3.18. The minimum atomic E-state index is 0.239. The van der Waals surface area contributed by atoms with Crippen molar-refractivity contribution in [2.24, 2.45) is 11.8 Å². The predicted octanol–water partition coefficient (Wildman–Crippen LogP) is 4.39. The van der Waals surface area contributed by atoms with Gasteiger partial charge in [0.25, 0.3) is 0 Å². The highest BCUT2D eigenvalue weighted by molar-refractivity contribution is 9.10. The summed E-state index contributed by atoms with van der Waals surface area (Å²) in [6.45, 7) is 7.82. The summed E-state index contributed by atoms with van der Waals surface area (Å²) in [6, 6.07) is 7.70. The molecule has 0 bridgehead atoms. The van der Waals surface area contributed by atoms with Crippen LogP contribution in [0, 0.1) is 11.8 Å². The van der Waals surface area contributed by atoms with E-state index in [0.29, 0.717) is 6.42 Å². The third-order valence-electron chi connectivity index (χ3n) is 4.40. The van der Waals surface area contributed by atoms with Gasteiger partial charge in [0.1, 0.15) is 0 Å². The Balaban J connectivity index is 1.79. The normalized spacial score (nSPS) is 17.6. The highest BCUT2D eigenvalue weighted by atomic mass is 79.9. The number of carbonyl (C=O) groups is 1. The Morgan fingerprint density at radius 1 is 1.30 bits per heavy atom. The molecule has 1 aliphatic heterocycles. The van der Waals surface area contributed by atoms with Crippen LogP contribution in [-0.4, -0.2) is 30.3 Å². The van der Waals surface area contributed by atoms with E-state index in [0.717, 1.165) is 41.5 Å². The Kier molecular flexibility index (Phi) is 5.79. The molecule has 110 valence electrons. The van der Waals surface area contributed by atoms with Gasteiger partial charge in [0.2, 0.25) is 0 Å². The Labute approximate surface area is 130 Å². The topological polar surface area (TPSA) is 20.3 Å². The van der Waals surface area contributed by atoms with E-state index in [1.807, 2.05) is 24.3 Å². The second kappa shape index (κ2) is 7.37. The molecule has 0 unspecified atom stereocenters. The first kappa shape index (κ1) is 15.7. The van der Waals surface area contributed by atoms with E-state index in [-0.39, 0.29) is 5.78 Å². The van der Waals surface area contributed by atoms with Gasteiger partial charge < -0.3 is 4.90 Å². The van der Waals surface area contributed by atoms with E-state index in [4.69, 9.17) is 0 Å². The summed E-state index contributed by atoms with van der Waals surface area (Å²) in [4.78, 5) is 14.7. The highest BCUT2D eigenvalue weighted by Crippen LogP contribution is 2.24. The summed E-state index contributed by atoms with van der Waals surface area (Å²) in [5.74, 6) is 1.90. The Morgan fingerprint density at radius 2 is 1.95 bits per heavy atom. The molecule has 1 fully saturated rings. The second-order valence-electron chi connectivity index (χ2n) is 6.08. The van der Waals surface area contributed by atoms with Gasteiger partial charge in [-0.15, -0.1) is 0 Å². The van der Waals surface area contributed by atoms with Crippen molar-refractivity contribution in [1.29, 1.82) is 0 Å². The average molecular weight is 338 g/mol. The Hall–Kier alpha value is -0.670. The summed E-state index contributed by atoms with van der Waals surface area (Å²) < 4.78 is 0.906.